The summed E-state index contributed by atoms with van der Waals surface area (Å²) in [5, 5.41) is 4.84. The van der Waals surface area contributed by atoms with Crippen molar-refractivity contribution in [2.45, 2.75) is 63.3 Å². The predicted octanol–water partition coefficient (Wildman–Crippen LogP) is 14.5. The van der Waals surface area contributed by atoms with E-state index in [4.69, 9.17) is 63.4 Å². The summed E-state index contributed by atoms with van der Waals surface area (Å²) in [4.78, 5) is 0. The molecule has 0 spiro atoms. The van der Waals surface area contributed by atoms with Crippen molar-refractivity contribution in [2.24, 2.45) is 0 Å². The molecule has 0 saturated heterocycles. The van der Waals surface area contributed by atoms with Gasteiger partial charge in [-0.05, 0) is 11.1 Å². The van der Waals surface area contributed by atoms with Crippen molar-refractivity contribution in [1.29, 1.82) is 0 Å². The number of benzene rings is 4. The third-order valence-electron chi connectivity index (χ3n) is 8.53. The van der Waals surface area contributed by atoms with E-state index in [0.717, 1.165) is 31.8 Å². The van der Waals surface area contributed by atoms with Crippen molar-refractivity contribution >= 4 is 94.5 Å². The molecule has 0 nitrogen and oxygen atoms in total. The van der Waals surface area contributed by atoms with Crippen molar-refractivity contribution in [1.82, 2.24) is 0 Å². The third kappa shape index (κ3) is 9.23. The van der Waals surface area contributed by atoms with Gasteiger partial charge in [-0.1, -0.05) is 185 Å². The molecule has 0 fully saturated rings. The summed E-state index contributed by atoms with van der Waals surface area (Å²) in [5.74, 6) is 0. The normalized spacial score (nSPS) is 11.1. The monoisotopic (exact) mass is 848 g/mol. The predicted molar refractivity (Wildman–Crippen MR) is 215 cm³/mol. The Kier molecular flexibility index (Phi) is 15.9. The van der Waals surface area contributed by atoms with Crippen LogP contribution in [0.1, 0.15) is 55.6 Å². The Bertz CT molecular complexity index is 1780. The van der Waals surface area contributed by atoms with Crippen LogP contribution in [0.3, 0.4) is 0 Å². The SMILES string of the molecule is C[Si]C.Cc1[cH-]c2c(C)ccc(C(Cl)(Cl)c3ccccc3)c2c1C.Cc1[cH-]c2c(C)ccc(C(Cl)(Cl)c3ccccc3)c2c1C.[Cl][Zr+2][Cl]. The molecule has 0 heterocycles. The summed E-state index contributed by atoms with van der Waals surface area (Å²) in [5.41, 5.74) is 11.3. The molecule has 6 rings (SSSR count). The van der Waals surface area contributed by atoms with Crippen molar-refractivity contribution in [3.8, 4) is 0 Å². The second kappa shape index (κ2) is 18.4. The molecule has 0 saturated carbocycles. The van der Waals surface area contributed by atoms with Gasteiger partial charge in [0.2, 0.25) is 0 Å². The molecule has 0 atom stereocenters. The van der Waals surface area contributed by atoms with Crippen molar-refractivity contribution in [3.05, 3.63) is 153 Å². The first kappa shape index (κ1) is 41.4. The molecular formula is C40H40Cl6SiZr. The Hall–Kier alpha value is -1.06. The van der Waals surface area contributed by atoms with Crippen LogP contribution >= 0.6 is 63.4 Å². The molecule has 6 aromatic rings. The summed E-state index contributed by atoms with van der Waals surface area (Å²) in [6, 6.07) is 32.4. The van der Waals surface area contributed by atoms with Gasteiger partial charge in [0.05, 0.1) is 0 Å². The standard InChI is InChI=1S/2C19H17Cl2.C2H6Si.2ClH.Zr/c2*1-12-9-10-17(18-14(3)13(2)11-16(12)18)19(20,21)15-7-5-4-6-8-15;1-3-2;;;/h2*4-11H,1-3H3;1-2H3;2*1H;/q2*-1;;;;+4/p-2. The molecule has 0 amide bonds. The zero-order valence-electron chi connectivity index (χ0n) is 28.5. The summed E-state index contributed by atoms with van der Waals surface area (Å²) >= 11 is 26.2. The van der Waals surface area contributed by atoms with Crippen LogP contribution in [0, 0.1) is 41.5 Å². The van der Waals surface area contributed by atoms with E-state index in [1.54, 1.807) is 0 Å². The van der Waals surface area contributed by atoms with Gasteiger partial charge in [0.1, 0.15) is 0 Å². The number of fused-ring (bicyclic) bond motifs is 2. The second-order valence-corrected chi connectivity index (χ2v) is 19.2. The van der Waals surface area contributed by atoms with Crippen molar-refractivity contribution in [3.63, 3.8) is 0 Å². The summed E-state index contributed by atoms with van der Waals surface area (Å²) in [6.45, 7) is 17.1. The number of alkyl halides is 4. The van der Waals surface area contributed by atoms with Gasteiger partial charge in [0.25, 0.3) is 0 Å². The van der Waals surface area contributed by atoms with Crippen LogP contribution in [0.25, 0.3) is 21.5 Å². The van der Waals surface area contributed by atoms with Crippen LogP contribution in [0.2, 0.25) is 13.1 Å². The van der Waals surface area contributed by atoms with E-state index in [-0.39, 0.29) is 0 Å². The maximum absolute atomic E-state index is 6.76. The third-order valence-corrected chi connectivity index (χ3v) is 10.2. The maximum atomic E-state index is 6.76. The number of hydrogen-bond acceptors (Lipinski definition) is 0. The van der Waals surface area contributed by atoms with E-state index in [9.17, 15) is 0 Å². The van der Waals surface area contributed by atoms with Crippen LogP contribution in [0.15, 0.2) is 97.1 Å². The number of halogens is 6. The fraction of sp³-hybridized carbons (Fsp3) is 0.250. The van der Waals surface area contributed by atoms with E-state index in [0.29, 0.717) is 0 Å². The minimum absolute atomic E-state index is 0.826. The van der Waals surface area contributed by atoms with E-state index in [2.05, 4.69) is 91.0 Å². The Balaban J connectivity index is 0.000000224. The van der Waals surface area contributed by atoms with Gasteiger partial charge in [-0.2, -0.15) is 11.1 Å². The molecule has 6 aromatic carbocycles. The zero-order valence-corrected chi connectivity index (χ0v) is 36.5. The van der Waals surface area contributed by atoms with Gasteiger partial charge in [-0.3, -0.25) is 0 Å². The molecule has 0 aliphatic heterocycles. The summed E-state index contributed by atoms with van der Waals surface area (Å²) in [6.07, 6.45) is 0. The Morgan fingerprint density at radius 1 is 0.521 bits per heavy atom. The number of hydrogen-bond donors (Lipinski definition) is 0. The summed E-state index contributed by atoms with van der Waals surface area (Å²) < 4.78 is -2.09. The quantitative estimate of drug-likeness (QED) is 0.0942. The van der Waals surface area contributed by atoms with Crippen molar-refractivity contribution < 1.29 is 20.8 Å². The first-order valence-corrected chi connectivity index (χ1v) is 25.3. The molecule has 0 N–H and O–H groups in total. The van der Waals surface area contributed by atoms with Gasteiger partial charge in [-0.25, -0.2) is 0 Å². The van der Waals surface area contributed by atoms with Crippen LogP contribution in [0.5, 0.6) is 0 Å². The Morgan fingerprint density at radius 3 is 1.10 bits per heavy atom. The Labute approximate surface area is 328 Å². The first-order chi connectivity index (χ1) is 22.7. The molecule has 250 valence electrons. The molecule has 0 aromatic heterocycles. The van der Waals surface area contributed by atoms with E-state index in [1.165, 1.54) is 54.9 Å². The van der Waals surface area contributed by atoms with Crippen LogP contribution in [-0.4, -0.2) is 9.52 Å². The van der Waals surface area contributed by atoms with Gasteiger partial charge in [0, 0.05) is 9.52 Å². The van der Waals surface area contributed by atoms with E-state index >= 15 is 0 Å². The van der Waals surface area contributed by atoms with Gasteiger partial charge >= 0.3 is 37.9 Å². The molecule has 0 aliphatic carbocycles. The number of aryl methyl sites for hydroxylation is 6. The van der Waals surface area contributed by atoms with Gasteiger partial charge < -0.3 is 0 Å². The first-order valence-electron chi connectivity index (χ1n) is 15.4. The van der Waals surface area contributed by atoms with E-state index in [1.807, 2.05) is 60.7 Å². The molecule has 48 heavy (non-hydrogen) atoms. The van der Waals surface area contributed by atoms with Crippen LogP contribution < -0.4 is 0 Å². The molecule has 0 bridgehead atoms. The second-order valence-electron chi connectivity index (χ2n) is 11.8. The summed E-state index contributed by atoms with van der Waals surface area (Å²) in [7, 11) is 11.0. The van der Waals surface area contributed by atoms with Gasteiger partial charge in [0.15, 0.2) is 8.67 Å². The average molecular weight is 853 g/mol. The molecule has 8 heteroatoms. The molecular weight excluding hydrogens is 812 g/mol. The van der Waals surface area contributed by atoms with Crippen LogP contribution in [0.4, 0.5) is 0 Å². The molecule has 2 radical (unpaired) electrons. The van der Waals surface area contributed by atoms with Gasteiger partial charge in [-0.15, -0.1) is 68.1 Å². The number of rotatable bonds is 4. The zero-order chi connectivity index (χ0) is 35.8. The topological polar surface area (TPSA) is 0 Å². The molecule has 0 aliphatic rings. The minimum atomic E-state index is -1.04. The van der Waals surface area contributed by atoms with Crippen molar-refractivity contribution in [2.75, 3.05) is 0 Å². The van der Waals surface area contributed by atoms with Crippen LogP contribution in [-0.2, 0) is 29.5 Å². The molecule has 0 unspecified atom stereocenters. The fourth-order valence-electron chi connectivity index (χ4n) is 5.80. The van der Waals surface area contributed by atoms with E-state index < -0.39 is 29.5 Å². The fourth-order valence-corrected chi connectivity index (χ4v) is 6.93. The average Bonchev–Trinajstić information content (AvgIpc) is 3.54. The Morgan fingerprint density at radius 2 is 0.812 bits per heavy atom.